The van der Waals surface area contributed by atoms with E-state index in [1.807, 2.05) is 0 Å². The fourth-order valence-corrected chi connectivity index (χ4v) is 10.8. The van der Waals surface area contributed by atoms with Crippen molar-refractivity contribution in [3.8, 4) is 0 Å². The third-order valence-corrected chi connectivity index (χ3v) is 12.1. The van der Waals surface area contributed by atoms with E-state index in [0.717, 1.165) is 23.8 Å². The molecule has 1 heterocycles. The number of anilines is 5. The molecule has 0 aliphatic rings. The molecule has 0 saturated heterocycles. The van der Waals surface area contributed by atoms with Crippen LogP contribution in [0.3, 0.4) is 0 Å². The highest BCUT2D eigenvalue weighted by atomic mass is 28.4. The summed E-state index contributed by atoms with van der Waals surface area (Å²) in [7, 11) is -2.24. The number of Topliss-reactive ketones (excluding diaryl/α,β-unsaturated/α-hetero) is 2. The minimum absolute atomic E-state index is 0.00153. The maximum atomic E-state index is 11.6. The van der Waals surface area contributed by atoms with Crippen molar-refractivity contribution < 1.29 is 18.1 Å². The van der Waals surface area contributed by atoms with Crippen LogP contribution in [-0.4, -0.2) is 57.1 Å². The number of benzene rings is 2. The van der Waals surface area contributed by atoms with Crippen LogP contribution < -0.4 is 16.0 Å². The molecule has 0 fully saturated rings. The molecule has 1 aromatic heterocycles. The quantitative estimate of drug-likeness (QED) is 0.119. The van der Waals surface area contributed by atoms with Crippen molar-refractivity contribution in [3.63, 3.8) is 0 Å². The van der Waals surface area contributed by atoms with Gasteiger partial charge in [-0.1, -0.05) is 0 Å². The predicted molar refractivity (Wildman–Crippen MR) is 160 cm³/mol. The molecule has 1 unspecified atom stereocenters. The van der Waals surface area contributed by atoms with Gasteiger partial charge in [0.2, 0.25) is 17.8 Å². The van der Waals surface area contributed by atoms with Gasteiger partial charge in [0.25, 0.3) is 0 Å². The van der Waals surface area contributed by atoms with E-state index in [-0.39, 0.29) is 11.6 Å². The Morgan fingerprint density at radius 3 is 1.56 bits per heavy atom. The molecular weight excluding hydrogens is 529 g/mol. The van der Waals surface area contributed by atoms with Crippen molar-refractivity contribution in [1.29, 1.82) is 0 Å². The molecule has 208 valence electrons. The highest BCUT2D eigenvalue weighted by molar-refractivity contribution is 6.81. The number of hydrogen-bond donors (Lipinski definition) is 3. The molecule has 0 aliphatic carbocycles. The van der Waals surface area contributed by atoms with E-state index in [9.17, 15) is 9.59 Å². The van der Waals surface area contributed by atoms with Crippen LogP contribution in [0.5, 0.6) is 0 Å². The van der Waals surface area contributed by atoms with Crippen molar-refractivity contribution in [3.05, 3.63) is 59.7 Å². The number of aromatic nitrogens is 3. The fraction of sp³-hybridized carbons (Fsp3) is 0.370. The lowest BCUT2D eigenvalue weighted by atomic mass is 10.1. The molecule has 1 atom stereocenters. The van der Waals surface area contributed by atoms with Gasteiger partial charge in [-0.15, -0.1) is 0 Å². The largest absolute Gasteiger partial charge is 0.436 e. The van der Waals surface area contributed by atoms with E-state index < -0.39 is 16.9 Å². The Bertz CT molecular complexity index is 1210. The van der Waals surface area contributed by atoms with E-state index in [0.29, 0.717) is 35.5 Å². The highest BCUT2D eigenvalue weighted by Gasteiger charge is 2.35. The number of nitrogens with one attached hydrogen (secondary N) is 3. The first-order valence-corrected chi connectivity index (χ1v) is 18.8. The summed E-state index contributed by atoms with van der Waals surface area (Å²) in [6, 6.07) is 15.0. The monoisotopic (exact) mass is 566 g/mol. The summed E-state index contributed by atoms with van der Waals surface area (Å²) < 4.78 is 12.2. The first kappa shape index (κ1) is 30.1. The van der Waals surface area contributed by atoms with Crippen LogP contribution >= 0.6 is 0 Å². The maximum Gasteiger partial charge on any atom is 0.324 e. The highest BCUT2D eigenvalue weighted by Crippen LogP contribution is 2.22. The zero-order valence-corrected chi connectivity index (χ0v) is 25.7. The summed E-state index contributed by atoms with van der Waals surface area (Å²) in [4.78, 5) is 36.8. The van der Waals surface area contributed by atoms with Crippen molar-refractivity contribution in [2.75, 3.05) is 29.6 Å². The maximum absolute atomic E-state index is 11.6. The van der Waals surface area contributed by atoms with Gasteiger partial charge in [0.15, 0.2) is 19.9 Å². The zero-order valence-electron chi connectivity index (χ0n) is 23.7. The van der Waals surface area contributed by atoms with Crippen LogP contribution in [0.2, 0.25) is 32.2 Å². The van der Waals surface area contributed by atoms with E-state index in [1.54, 1.807) is 55.6 Å². The standard InChI is InChI=1S/C27H38N6O4Si2/c1-19(34)21-9-13-23(14-10-21)29-26-31-25(28-17-8-18-39(7,36-3)37-38(4,5)6)32-27(33-26)30-24-15-11-22(12-16-24)20(2)35/h9-16H,8,17-18H2,1-7H3,(H3,28,29,30,31,32,33). The van der Waals surface area contributed by atoms with Crippen LogP contribution in [0.25, 0.3) is 0 Å². The second kappa shape index (κ2) is 13.1. The molecule has 39 heavy (non-hydrogen) atoms. The van der Waals surface area contributed by atoms with Gasteiger partial charge in [-0.05, 0) is 101 Å². The number of ketones is 2. The molecule has 12 heteroatoms. The average molecular weight is 567 g/mol. The van der Waals surface area contributed by atoms with E-state index in [1.165, 1.54) is 13.8 Å². The summed E-state index contributed by atoms with van der Waals surface area (Å²) in [5, 5.41) is 9.66. The van der Waals surface area contributed by atoms with Gasteiger partial charge in [0.1, 0.15) is 0 Å². The summed E-state index contributed by atoms with van der Waals surface area (Å²) in [6.45, 7) is 12.3. The van der Waals surface area contributed by atoms with Crippen LogP contribution in [0.4, 0.5) is 29.2 Å². The van der Waals surface area contributed by atoms with Gasteiger partial charge in [-0.25, -0.2) is 0 Å². The number of nitrogens with zero attached hydrogens (tertiary/aromatic N) is 3. The van der Waals surface area contributed by atoms with Crippen molar-refractivity contribution >= 4 is 57.7 Å². The van der Waals surface area contributed by atoms with Crippen molar-refractivity contribution in [1.82, 2.24) is 15.0 Å². The molecule has 0 bridgehead atoms. The van der Waals surface area contributed by atoms with Crippen molar-refractivity contribution in [2.24, 2.45) is 0 Å². The average Bonchev–Trinajstić information content (AvgIpc) is 2.86. The van der Waals surface area contributed by atoms with Crippen molar-refractivity contribution in [2.45, 2.75) is 52.5 Å². The topological polar surface area (TPSA) is 127 Å². The lowest BCUT2D eigenvalue weighted by Gasteiger charge is -2.32. The van der Waals surface area contributed by atoms with Gasteiger partial charge < -0.3 is 24.5 Å². The Kier molecular flexibility index (Phi) is 10.1. The Morgan fingerprint density at radius 2 is 1.18 bits per heavy atom. The summed E-state index contributed by atoms with van der Waals surface area (Å²) in [6.07, 6.45) is 0.831. The lowest BCUT2D eigenvalue weighted by Crippen LogP contribution is -2.46. The van der Waals surface area contributed by atoms with Gasteiger partial charge in [0, 0.05) is 36.2 Å². The molecule has 2 aromatic carbocycles. The number of carbonyl (C=O) groups excluding carboxylic acids is 2. The second-order valence-corrected chi connectivity index (χ2v) is 18.6. The van der Waals surface area contributed by atoms with E-state index >= 15 is 0 Å². The van der Waals surface area contributed by atoms with Crippen LogP contribution in [0.15, 0.2) is 48.5 Å². The third kappa shape index (κ3) is 9.66. The van der Waals surface area contributed by atoms with Gasteiger partial charge in [-0.3, -0.25) is 9.59 Å². The SMILES string of the molecule is CO[Si](C)(CCCNc1nc(Nc2ccc(C(C)=O)cc2)nc(Nc2ccc(C(C)=O)cc2)n1)O[Si](C)(C)C. The Labute approximate surface area is 232 Å². The zero-order chi connectivity index (χ0) is 28.6. The summed E-state index contributed by atoms with van der Waals surface area (Å²) in [5.41, 5.74) is 2.72. The molecule has 0 radical (unpaired) electrons. The molecule has 0 spiro atoms. The minimum Gasteiger partial charge on any atom is -0.436 e. The Balaban J connectivity index is 1.76. The predicted octanol–water partition coefficient (Wildman–Crippen LogP) is 6.14. The summed E-state index contributed by atoms with van der Waals surface area (Å²) >= 11 is 0. The van der Waals surface area contributed by atoms with Gasteiger partial charge in [-0.2, -0.15) is 15.0 Å². The number of carbonyl (C=O) groups is 2. The van der Waals surface area contributed by atoms with Gasteiger partial charge >= 0.3 is 8.56 Å². The Hall–Kier alpha value is -3.46. The van der Waals surface area contributed by atoms with Crippen LogP contribution in [-0.2, 0) is 8.54 Å². The number of hydrogen-bond acceptors (Lipinski definition) is 10. The number of rotatable bonds is 14. The van der Waals surface area contributed by atoms with Crippen LogP contribution in [0, 0.1) is 0 Å². The van der Waals surface area contributed by atoms with E-state index in [2.05, 4.69) is 57.1 Å². The first-order valence-electron chi connectivity index (χ1n) is 12.9. The second-order valence-electron chi connectivity index (χ2n) is 10.4. The molecule has 3 aromatic rings. The molecule has 0 amide bonds. The molecule has 10 nitrogen and oxygen atoms in total. The molecule has 0 aliphatic heterocycles. The smallest absolute Gasteiger partial charge is 0.324 e. The third-order valence-electron chi connectivity index (χ3n) is 5.78. The first-order chi connectivity index (χ1) is 18.4. The minimum atomic E-state index is -2.25. The van der Waals surface area contributed by atoms with E-state index in [4.69, 9.17) is 8.54 Å². The normalized spacial score (nSPS) is 12.9. The molecule has 0 saturated carbocycles. The summed E-state index contributed by atoms with van der Waals surface area (Å²) in [5.74, 6) is 1.08. The Morgan fingerprint density at radius 1 is 0.744 bits per heavy atom. The fourth-order valence-electron chi connectivity index (χ4n) is 3.85. The van der Waals surface area contributed by atoms with Crippen LogP contribution in [0.1, 0.15) is 41.0 Å². The lowest BCUT2D eigenvalue weighted by molar-refractivity contribution is 0.100. The molecule has 3 N–H and O–H groups in total. The molecular formula is C27H38N6O4Si2. The molecule has 3 rings (SSSR count). The van der Waals surface area contributed by atoms with Gasteiger partial charge in [0.05, 0.1) is 0 Å².